The number of fused-ring (bicyclic) bond motifs is 3. The van der Waals surface area contributed by atoms with Crippen LogP contribution < -0.4 is 4.74 Å². The first-order chi connectivity index (χ1) is 11.2. The highest BCUT2D eigenvalue weighted by atomic mass is 35.5. The van der Waals surface area contributed by atoms with Crippen LogP contribution in [-0.4, -0.2) is 33.5 Å². The molecule has 0 aliphatic rings. The third-order valence-corrected chi connectivity index (χ3v) is 3.79. The van der Waals surface area contributed by atoms with Gasteiger partial charge in [-0.3, -0.25) is 0 Å². The van der Waals surface area contributed by atoms with Crippen molar-refractivity contribution in [3.8, 4) is 11.5 Å². The van der Waals surface area contributed by atoms with Gasteiger partial charge in [0.05, 0.1) is 18.1 Å². The molecule has 126 valence electrons. The standard InChI is InChI=1S/C17H17ClN2O4/c1-17(2,3)24-16(22)20-10-5-6-19-15(18)14(10)9-7-13(23-4)12(21)8-11(9)20/h5-8,21H,1-4H3. The van der Waals surface area contributed by atoms with E-state index in [0.717, 1.165) is 0 Å². The van der Waals surface area contributed by atoms with Gasteiger partial charge in [0.1, 0.15) is 10.8 Å². The van der Waals surface area contributed by atoms with Crippen molar-refractivity contribution in [3.05, 3.63) is 29.5 Å². The number of carbonyl (C=O) groups excluding carboxylic acids is 1. The number of phenolic OH excluding ortho intramolecular Hbond substituents is 1. The summed E-state index contributed by atoms with van der Waals surface area (Å²) in [6, 6.07) is 4.75. The highest BCUT2D eigenvalue weighted by molar-refractivity contribution is 6.37. The Kier molecular flexibility index (Phi) is 3.80. The fourth-order valence-electron chi connectivity index (χ4n) is 2.60. The van der Waals surface area contributed by atoms with Crippen LogP contribution in [0.3, 0.4) is 0 Å². The number of pyridine rings is 1. The summed E-state index contributed by atoms with van der Waals surface area (Å²) in [5, 5.41) is 11.6. The molecule has 0 saturated heterocycles. The fraction of sp³-hybridized carbons (Fsp3) is 0.294. The summed E-state index contributed by atoms with van der Waals surface area (Å²) in [4.78, 5) is 16.8. The van der Waals surface area contributed by atoms with E-state index in [1.165, 1.54) is 23.9 Å². The van der Waals surface area contributed by atoms with Crippen LogP contribution in [0, 0.1) is 0 Å². The number of phenols is 1. The van der Waals surface area contributed by atoms with Crippen molar-refractivity contribution in [2.45, 2.75) is 26.4 Å². The first-order valence-electron chi connectivity index (χ1n) is 7.32. The number of aromatic hydroxyl groups is 1. The number of nitrogens with zero attached hydrogens (tertiary/aromatic N) is 2. The van der Waals surface area contributed by atoms with Crippen molar-refractivity contribution < 1.29 is 19.4 Å². The predicted molar refractivity (Wildman–Crippen MR) is 92.1 cm³/mol. The lowest BCUT2D eigenvalue weighted by Crippen LogP contribution is -2.27. The second-order valence-corrected chi connectivity index (χ2v) is 6.71. The lowest BCUT2D eigenvalue weighted by atomic mass is 10.2. The van der Waals surface area contributed by atoms with Crippen LogP contribution in [0.15, 0.2) is 24.4 Å². The summed E-state index contributed by atoms with van der Waals surface area (Å²) in [5.41, 5.74) is 0.352. The van der Waals surface area contributed by atoms with E-state index in [2.05, 4.69) is 4.98 Å². The maximum absolute atomic E-state index is 12.7. The Morgan fingerprint density at radius 3 is 2.62 bits per heavy atom. The van der Waals surface area contributed by atoms with Gasteiger partial charge in [-0.1, -0.05) is 11.6 Å². The van der Waals surface area contributed by atoms with Crippen LogP contribution in [0.5, 0.6) is 11.5 Å². The van der Waals surface area contributed by atoms with E-state index < -0.39 is 11.7 Å². The van der Waals surface area contributed by atoms with Crippen LogP contribution >= 0.6 is 11.6 Å². The molecule has 0 spiro atoms. The van der Waals surface area contributed by atoms with Gasteiger partial charge < -0.3 is 14.6 Å². The lowest BCUT2D eigenvalue weighted by Gasteiger charge is -2.20. The van der Waals surface area contributed by atoms with Crippen molar-refractivity contribution >= 4 is 39.5 Å². The van der Waals surface area contributed by atoms with Gasteiger partial charge >= 0.3 is 6.09 Å². The lowest BCUT2D eigenvalue weighted by molar-refractivity contribution is 0.0551. The second kappa shape index (κ2) is 5.56. The van der Waals surface area contributed by atoms with E-state index in [9.17, 15) is 9.90 Å². The molecule has 0 aliphatic carbocycles. The Morgan fingerprint density at radius 1 is 1.29 bits per heavy atom. The molecule has 0 atom stereocenters. The van der Waals surface area contributed by atoms with E-state index in [0.29, 0.717) is 21.8 Å². The van der Waals surface area contributed by atoms with Crippen molar-refractivity contribution in [3.63, 3.8) is 0 Å². The van der Waals surface area contributed by atoms with Crippen LogP contribution in [0.25, 0.3) is 21.8 Å². The second-order valence-electron chi connectivity index (χ2n) is 6.35. The van der Waals surface area contributed by atoms with E-state index in [4.69, 9.17) is 21.1 Å². The van der Waals surface area contributed by atoms with Crippen LogP contribution in [0.2, 0.25) is 5.15 Å². The minimum absolute atomic E-state index is 0.0818. The molecule has 2 heterocycles. The molecule has 1 N–H and O–H groups in total. The minimum atomic E-state index is -0.661. The third kappa shape index (κ3) is 2.63. The molecule has 6 nitrogen and oxygen atoms in total. The van der Waals surface area contributed by atoms with Gasteiger partial charge in [0.2, 0.25) is 0 Å². The van der Waals surface area contributed by atoms with Crippen molar-refractivity contribution in [1.29, 1.82) is 0 Å². The molecule has 2 aromatic heterocycles. The average Bonchev–Trinajstić information content (AvgIpc) is 2.79. The molecular formula is C17H17ClN2O4. The van der Waals surface area contributed by atoms with Crippen LogP contribution in [-0.2, 0) is 4.74 Å². The highest BCUT2D eigenvalue weighted by Crippen LogP contribution is 2.39. The Morgan fingerprint density at radius 2 is 2.00 bits per heavy atom. The number of halogens is 1. The number of benzene rings is 1. The molecule has 3 aromatic rings. The number of hydrogen-bond donors (Lipinski definition) is 1. The summed E-state index contributed by atoms with van der Waals surface area (Å²) in [5.74, 6) is 0.201. The van der Waals surface area contributed by atoms with Gasteiger partial charge in [0.25, 0.3) is 0 Å². The topological polar surface area (TPSA) is 73.6 Å². The van der Waals surface area contributed by atoms with E-state index in [-0.39, 0.29) is 16.7 Å². The molecule has 0 aliphatic heterocycles. The van der Waals surface area contributed by atoms with Crippen molar-refractivity contribution in [1.82, 2.24) is 9.55 Å². The van der Waals surface area contributed by atoms with Gasteiger partial charge in [-0.25, -0.2) is 14.3 Å². The number of ether oxygens (including phenoxy) is 2. The molecule has 0 fully saturated rings. The summed E-state index contributed by atoms with van der Waals surface area (Å²) in [6.45, 7) is 5.36. The van der Waals surface area contributed by atoms with E-state index in [1.807, 2.05) is 0 Å². The quantitative estimate of drug-likeness (QED) is 0.662. The summed E-state index contributed by atoms with van der Waals surface area (Å²) in [7, 11) is 1.45. The summed E-state index contributed by atoms with van der Waals surface area (Å²) < 4.78 is 12.0. The first-order valence-corrected chi connectivity index (χ1v) is 7.69. The van der Waals surface area contributed by atoms with Gasteiger partial charge in [-0.2, -0.15) is 0 Å². The molecule has 0 amide bonds. The zero-order valence-corrected chi connectivity index (χ0v) is 14.5. The van der Waals surface area contributed by atoms with Gasteiger partial charge in [0.15, 0.2) is 11.5 Å². The van der Waals surface area contributed by atoms with Crippen LogP contribution in [0.4, 0.5) is 4.79 Å². The van der Waals surface area contributed by atoms with Gasteiger partial charge in [-0.15, -0.1) is 0 Å². The molecular weight excluding hydrogens is 332 g/mol. The number of rotatable bonds is 1. The minimum Gasteiger partial charge on any atom is -0.504 e. The Bertz CT molecular complexity index is 957. The SMILES string of the molecule is COc1cc2c3c(Cl)nccc3n(C(=O)OC(C)(C)C)c2cc1O. The summed E-state index contributed by atoms with van der Waals surface area (Å²) >= 11 is 6.24. The molecule has 0 bridgehead atoms. The first kappa shape index (κ1) is 16.4. The number of aromatic nitrogens is 2. The van der Waals surface area contributed by atoms with Crippen molar-refractivity contribution in [2.75, 3.05) is 7.11 Å². The average molecular weight is 349 g/mol. The van der Waals surface area contributed by atoms with Gasteiger partial charge in [-0.05, 0) is 32.9 Å². The number of carbonyl (C=O) groups is 1. The van der Waals surface area contributed by atoms with Crippen molar-refractivity contribution in [2.24, 2.45) is 0 Å². The zero-order valence-electron chi connectivity index (χ0n) is 13.8. The predicted octanol–water partition coefficient (Wildman–Crippen LogP) is 4.34. The molecule has 3 rings (SSSR count). The van der Waals surface area contributed by atoms with Gasteiger partial charge in [0, 0.05) is 23.0 Å². The Labute approximate surface area is 143 Å². The highest BCUT2D eigenvalue weighted by Gasteiger charge is 2.24. The molecule has 24 heavy (non-hydrogen) atoms. The van der Waals surface area contributed by atoms with E-state index in [1.54, 1.807) is 32.9 Å². The molecule has 0 unspecified atom stereocenters. The number of methoxy groups -OCH3 is 1. The Hall–Kier alpha value is -2.47. The fourth-order valence-corrected chi connectivity index (χ4v) is 2.86. The molecule has 7 heteroatoms. The summed E-state index contributed by atoms with van der Waals surface area (Å²) in [6.07, 6.45) is 0.955. The molecule has 1 aromatic carbocycles. The largest absolute Gasteiger partial charge is 0.504 e. The maximum atomic E-state index is 12.7. The Balaban J connectivity index is 2.40. The molecule has 0 saturated carbocycles. The maximum Gasteiger partial charge on any atom is 0.419 e. The molecule has 0 radical (unpaired) electrons. The third-order valence-electron chi connectivity index (χ3n) is 3.51. The monoisotopic (exact) mass is 348 g/mol. The number of hydrogen-bond acceptors (Lipinski definition) is 5. The van der Waals surface area contributed by atoms with Crippen LogP contribution in [0.1, 0.15) is 20.8 Å². The zero-order chi connectivity index (χ0) is 17.6. The van der Waals surface area contributed by atoms with E-state index >= 15 is 0 Å². The smallest absolute Gasteiger partial charge is 0.419 e. The normalized spacial score (nSPS) is 11.9.